The Bertz CT molecular complexity index is 219. The third-order valence-electron chi connectivity index (χ3n) is 1.87. The molecular weight excluding hydrogens is 178 g/mol. The number of hydrogen-bond acceptors (Lipinski definition) is 3. The van der Waals surface area contributed by atoms with Gasteiger partial charge in [0.05, 0.1) is 5.37 Å². The molecule has 68 valence electrons. The van der Waals surface area contributed by atoms with Crippen LogP contribution in [0.15, 0.2) is 0 Å². The Balaban J connectivity index is 2.77. The summed E-state index contributed by atoms with van der Waals surface area (Å²) < 4.78 is 0. The molecule has 0 aromatic rings. The summed E-state index contributed by atoms with van der Waals surface area (Å²) in [6.45, 7) is 3.24. The molecule has 1 rings (SSSR count). The van der Waals surface area contributed by atoms with Gasteiger partial charge in [-0.05, 0) is 6.92 Å². The summed E-state index contributed by atoms with van der Waals surface area (Å²) in [5.41, 5.74) is 0. The molecule has 1 fully saturated rings. The van der Waals surface area contributed by atoms with Crippen molar-refractivity contribution >= 4 is 23.6 Å². The Labute approximate surface area is 74.9 Å². The van der Waals surface area contributed by atoms with E-state index in [-0.39, 0.29) is 11.3 Å². The molecule has 12 heavy (non-hydrogen) atoms. The van der Waals surface area contributed by atoms with Gasteiger partial charge in [-0.1, -0.05) is 0 Å². The molecule has 1 saturated heterocycles. The van der Waals surface area contributed by atoms with Crippen LogP contribution in [0.2, 0.25) is 0 Å². The molecule has 0 aromatic heterocycles. The molecule has 2 atom stereocenters. The van der Waals surface area contributed by atoms with E-state index in [1.54, 1.807) is 0 Å². The number of carboxylic acids is 1. The van der Waals surface area contributed by atoms with Crippen LogP contribution in [0, 0.1) is 0 Å². The molecule has 0 aliphatic carbocycles. The van der Waals surface area contributed by atoms with Gasteiger partial charge in [0.2, 0.25) is 5.91 Å². The van der Waals surface area contributed by atoms with E-state index in [1.165, 1.54) is 23.6 Å². The van der Waals surface area contributed by atoms with Gasteiger partial charge in [0.1, 0.15) is 6.04 Å². The van der Waals surface area contributed by atoms with Gasteiger partial charge in [0.25, 0.3) is 0 Å². The average molecular weight is 189 g/mol. The second-order valence-electron chi connectivity index (χ2n) is 2.71. The number of carbonyl (C=O) groups is 2. The molecule has 0 unspecified atom stereocenters. The Morgan fingerprint density at radius 3 is 2.50 bits per heavy atom. The van der Waals surface area contributed by atoms with Crippen molar-refractivity contribution < 1.29 is 14.7 Å². The van der Waals surface area contributed by atoms with E-state index in [4.69, 9.17) is 5.11 Å². The maximum absolute atomic E-state index is 11.0. The first-order valence-electron chi connectivity index (χ1n) is 3.67. The van der Waals surface area contributed by atoms with Crippen LogP contribution in [0.4, 0.5) is 0 Å². The highest BCUT2D eigenvalue weighted by Gasteiger charge is 2.37. The second-order valence-corrected chi connectivity index (χ2v) is 4.06. The zero-order valence-electron chi connectivity index (χ0n) is 6.98. The number of rotatable bonds is 1. The Morgan fingerprint density at radius 1 is 1.58 bits per heavy atom. The third-order valence-corrected chi connectivity index (χ3v) is 3.09. The molecule has 0 saturated carbocycles. The third kappa shape index (κ3) is 1.55. The Morgan fingerprint density at radius 2 is 2.17 bits per heavy atom. The largest absolute Gasteiger partial charge is 0.480 e. The van der Waals surface area contributed by atoms with Crippen molar-refractivity contribution in [2.45, 2.75) is 25.3 Å². The van der Waals surface area contributed by atoms with Crippen molar-refractivity contribution in [3.63, 3.8) is 0 Å². The van der Waals surface area contributed by atoms with Crippen LogP contribution in [0.25, 0.3) is 0 Å². The monoisotopic (exact) mass is 189 g/mol. The van der Waals surface area contributed by atoms with Crippen LogP contribution in [-0.4, -0.2) is 39.1 Å². The highest BCUT2D eigenvalue weighted by atomic mass is 32.2. The molecule has 0 aromatic carbocycles. The smallest absolute Gasteiger partial charge is 0.327 e. The van der Waals surface area contributed by atoms with E-state index in [2.05, 4.69) is 0 Å². The number of nitrogens with zero attached hydrogens (tertiary/aromatic N) is 1. The fourth-order valence-electron chi connectivity index (χ4n) is 1.31. The quantitative estimate of drug-likeness (QED) is 0.648. The molecule has 1 aliphatic heterocycles. The molecule has 0 spiro atoms. The SMILES string of the molecule is CC(=O)N1[C@H](C)SC[C@H]1C(=O)O. The van der Waals surface area contributed by atoms with Crippen LogP contribution >= 0.6 is 11.8 Å². The molecule has 0 radical (unpaired) electrons. The number of amides is 1. The first-order chi connectivity index (χ1) is 5.54. The minimum absolute atomic E-state index is 0.0106. The minimum atomic E-state index is -0.915. The highest BCUT2D eigenvalue weighted by molar-refractivity contribution is 8.00. The van der Waals surface area contributed by atoms with Crippen molar-refractivity contribution in [3.8, 4) is 0 Å². The minimum Gasteiger partial charge on any atom is -0.480 e. The summed E-state index contributed by atoms with van der Waals surface area (Å²) in [4.78, 5) is 23.1. The predicted molar refractivity (Wildman–Crippen MR) is 45.9 cm³/mol. The predicted octanol–water partition coefficient (Wildman–Crippen LogP) is 0.381. The van der Waals surface area contributed by atoms with Crippen LogP contribution in [0.3, 0.4) is 0 Å². The van der Waals surface area contributed by atoms with E-state index in [9.17, 15) is 9.59 Å². The summed E-state index contributed by atoms with van der Waals surface area (Å²) in [5, 5.41) is 8.73. The number of aliphatic carboxylic acids is 1. The number of thioether (sulfide) groups is 1. The van der Waals surface area contributed by atoms with Gasteiger partial charge in [-0.2, -0.15) is 0 Å². The summed E-state index contributed by atoms with van der Waals surface area (Å²) >= 11 is 1.49. The van der Waals surface area contributed by atoms with Crippen molar-refractivity contribution in [1.29, 1.82) is 0 Å². The van der Waals surface area contributed by atoms with Crippen LogP contribution < -0.4 is 0 Å². The summed E-state index contributed by atoms with van der Waals surface area (Å²) in [6.07, 6.45) is 0. The molecule has 1 aliphatic rings. The molecule has 1 N–H and O–H groups in total. The van der Waals surface area contributed by atoms with Gasteiger partial charge in [0.15, 0.2) is 0 Å². The van der Waals surface area contributed by atoms with E-state index >= 15 is 0 Å². The lowest BCUT2D eigenvalue weighted by Gasteiger charge is -2.22. The fraction of sp³-hybridized carbons (Fsp3) is 0.714. The van der Waals surface area contributed by atoms with Gasteiger partial charge in [-0.25, -0.2) is 4.79 Å². The Hall–Kier alpha value is -0.710. The lowest BCUT2D eigenvalue weighted by molar-refractivity contribution is -0.148. The van der Waals surface area contributed by atoms with E-state index in [0.717, 1.165) is 0 Å². The molecule has 0 bridgehead atoms. The zero-order valence-corrected chi connectivity index (χ0v) is 7.80. The van der Waals surface area contributed by atoms with Crippen molar-refractivity contribution in [2.24, 2.45) is 0 Å². The van der Waals surface area contributed by atoms with Gasteiger partial charge >= 0.3 is 5.97 Å². The van der Waals surface area contributed by atoms with Crippen LogP contribution in [-0.2, 0) is 9.59 Å². The van der Waals surface area contributed by atoms with E-state index < -0.39 is 12.0 Å². The summed E-state index contributed by atoms with van der Waals surface area (Å²) in [5.74, 6) is -0.585. The van der Waals surface area contributed by atoms with Crippen molar-refractivity contribution in [1.82, 2.24) is 4.90 Å². The van der Waals surface area contributed by atoms with Gasteiger partial charge in [-0.15, -0.1) is 11.8 Å². The first-order valence-corrected chi connectivity index (χ1v) is 4.72. The first kappa shape index (κ1) is 9.38. The molecule has 5 heteroatoms. The molecule has 1 amide bonds. The standard InChI is InChI=1S/C7H11NO3S/c1-4(9)8-5(2)12-3-6(8)7(10)11/h5-6H,3H2,1-2H3,(H,10,11)/t5-,6-/m0/s1. The van der Waals surface area contributed by atoms with Gasteiger partial charge in [0, 0.05) is 12.7 Å². The van der Waals surface area contributed by atoms with Gasteiger partial charge < -0.3 is 10.0 Å². The summed E-state index contributed by atoms with van der Waals surface area (Å²) in [7, 11) is 0. The lowest BCUT2D eigenvalue weighted by Crippen LogP contribution is -2.43. The maximum atomic E-state index is 11.0. The van der Waals surface area contributed by atoms with Gasteiger partial charge in [-0.3, -0.25) is 4.79 Å². The average Bonchev–Trinajstić information content (AvgIpc) is 2.30. The summed E-state index contributed by atoms with van der Waals surface area (Å²) in [6, 6.07) is -0.637. The lowest BCUT2D eigenvalue weighted by atomic mass is 10.3. The topological polar surface area (TPSA) is 57.6 Å². The van der Waals surface area contributed by atoms with E-state index in [0.29, 0.717) is 5.75 Å². The fourth-order valence-corrected chi connectivity index (χ4v) is 2.53. The molecule has 1 heterocycles. The highest BCUT2D eigenvalue weighted by Crippen LogP contribution is 2.28. The van der Waals surface area contributed by atoms with Crippen LogP contribution in [0.1, 0.15) is 13.8 Å². The number of carboxylic acid groups (broad SMARTS) is 1. The maximum Gasteiger partial charge on any atom is 0.327 e. The molecule has 4 nitrogen and oxygen atoms in total. The van der Waals surface area contributed by atoms with E-state index in [1.807, 2.05) is 6.92 Å². The zero-order chi connectivity index (χ0) is 9.30. The normalized spacial score (nSPS) is 29.0. The Kier molecular flexibility index (Phi) is 2.62. The molecular formula is C7H11NO3S. The number of hydrogen-bond donors (Lipinski definition) is 1. The van der Waals surface area contributed by atoms with Crippen molar-refractivity contribution in [3.05, 3.63) is 0 Å². The second kappa shape index (κ2) is 3.35. The van der Waals surface area contributed by atoms with Crippen LogP contribution in [0.5, 0.6) is 0 Å². The number of carbonyl (C=O) groups excluding carboxylic acids is 1. The van der Waals surface area contributed by atoms with Crippen molar-refractivity contribution in [2.75, 3.05) is 5.75 Å².